The van der Waals surface area contributed by atoms with Gasteiger partial charge in [-0.05, 0) is 69.4 Å². The Kier molecular flexibility index (Phi) is 7.25. The zero-order valence-electron chi connectivity index (χ0n) is 23.3. The zero-order chi connectivity index (χ0) is 26.6. The van der Waals surface area contributed by atoms with E-state index in [0.29, 0.717) is 24.0 Å². The minimum Gasteiger partial charge on any atom is -0.386 e. The summed E-state index contributed by atoms with van der Waals surface area (Å²) >= 11 is 6.20. The molecule has 2 fully saturated rings. The molecule has 4 aliphatic rings. The second-order valence-corrected chi connectivity index (χ2v) is 12.4. The number of fused-ring (bicyclic) bond motifs is 2. The van der Waals surface area contributed by atoms with Gasteiger partial charge in [0.25, 0.3) is 0 Å². The van der Waals surface area contributed by atoms with E-state index in [-0.39, 0.29) is 23.8 Å². The summed E-state index contributed by atoms with van der Waals surface area (Å²) in [4.78, 5) is 23.4. The lowest BCUT2D eigenvalue weighted by Gasteiger charge is -2.48. The van der Waals surface area contributed by atoms with Crippen molar-refractivity contribution in [3.05, 3.63) is 51.7 Å². The number of hydrogen-bond donors (Lipinski definition) is 1. The molecule has 0 radical (unpaired) electrons. The van der Waals surface area contributed by atoms with Crippen molar-refractivity contribution in [1.82, 2.24) is 19.6 Å². The van der Waals surface area contributed by atoms with E-state index in [4.69, 9.17) is 11.6 Å². The SMILES string of the molecule is CC1C2=C(c3ccc(Cl)cc3)N(C)C(C)C2C(=O)N2CCC(C)(O)C(CCN3CCN(C(C)C)CC3)=C12. The van der Waals surface area contributed by atoms with Crippen LogP contribution in [0.1, 0.15) is 53.0 Å². The predicted molar refractivity (Wildman–Crippen MR) is 150 cm³/mol. The first-order chi connectivity index (χ1) is 17.5. The Balaban J connectivity index is 1.51. The quantitative estimate of drug-likeness (QED) is 0.620. The molecule has 4 unspecified atom stereocenters. The average molecular weight is 527 g/mol. The third-order valence-corrected chi connectivity index (χ3v) is 9.72. The van der Waals surface area contributed by atoms with Gasteiger partial charge in [0.05, 0.1) is 11.5 Å². The largest absolute Gasteiger partial charge is 0.386 e. The molecule has 4 aliphatic heterocycles. The molecule has 0 bridgehead atoms. The lowest BCUT2D eigenvalue weighted by atomic mass is 9.72. The standard InChI is InChI=1S/C30H43ClN4O2/c1-19(2)34-17-15-33(16-18-34)13-11-24-27-20(3)25-26(29(36)35(27)14-12-30(24,5)37)21(4)32(6)28(25)22-7-9-23(31)10-8-22/h7-10,19-21,26,37H,11-18H2,1-6H3. The second kappa shape index (κ2) is 10.0. The summed E-state index contributed by atoms with van der Waals surface area (Å²) in [7, 11) is 2.10. The summed E-state index contributed by atoms with van der Waals surface area (Å²) in [6, 6.07) is 8.63. The number of benzene rings is 1. The van der Waals surface area contributed by atoms with E-state index in [9.17, 15) is 9.90 Å². The van der Waals surface area contributed by atoms with Gasteiger partial charge >= 0.3 is 0 Å². The van der Waals surface area contributed by atoms with Crippen molar-refractivity contribution < 1.29 is 9.90 Å². The summed E-state index contributed by atoms with van der Waals surface area (Å²) in [6.07, 6.45) is 1.38. The van der Waals surface area contributed by atoms with Crippen molar-refractivity contribution in [3.63, 3.8) is 0 Å². The lowest BCUT2D eigenvalue weighted by Crippen LogP contribution is -2.54. The van der Waals surface area contributed by atoms with Gasteiger partial charge in [-0.15, -0.1) is 0 Å². The monoisotopic (exact) mass is 526 g/mol. The number of nitrogens with zero attached hydrogens (tertiary/aromatic N) is 4. The number of rotatable bonds is 5. The van der Waals surface area contributed by atoms with Crippen LogP contribution in [0.3, 0.4) is 0 Å². The van der Waals surface area contributed by atoms with Crippen LogP contribution in [0.5, 0.6) is 0 Å². The van der Waals surface area contributed by atoms with Crippen molar-refractivity contribution in [2.45, 2.75) is 65.1 Å². The van der Waals surface area contributed by atoms with Crippen molar-refractivity contribution in [3.8, 4) is 0 Å². The average Bonchev–Trinajstić information content (AvgIpc) is 3.13. The second-order valence-electron chi connectivity index (χ2n) is 12.0. The Morgan fingerprint density at radius 1 is 1.08 bits per heavy atom. The zero-order valence-corrected chi connectivity index (χ0v) is 24.1. The van der Waals surface area contributed by atoms with E-state index < -0.39 is 5.60 Å². The van der Waals surface area contributed by atoms with Gasteiger partial charge in [-0.25, -0.2) is 0 Å². The minimum atomic E-state index is -0.899. The molecule has 1 aromatic rings. The van der Waals surface area contributed by atoms with Gasteiger partial charge in [0, 0.05) is 80.7 Å². The van der Waals surface area contributed by atoms with Crippen LogP contribution in [-0.4, -0.2) is 94.6 Å². The number of carbonyl (C=O) groups is 1. The lowest BCUT2D eigenvalue weighted by molar-refractivity contribution is -0.136. The fourth-order valence-corrected chi connectivity index (χ4v) is 7.21. The number of allylic oxidation sites excluding steroid dienone is 1. The van der Waals surface area contributed by atoms with Crippen molar-refractivity contribution >= 4 is 23.2 Å². The van der Waals surface area contributed by atoms with Crippen LogP contribution in [0.4, 0.5) is 0 Å². The van der Waals surface area contributed by atoms with Gasteiger partial charge in [-0.2, -0.15) is 0 Å². The van der Waals surface area contributed by atoms with E-state index in [0.717, 1.165) is 61.7 Å². The maximum atomic E-state index is 14.0. The van der Waals surface area contributed by atoms with Crippen LogP contribution in [0.25, 0.3) is 5.70 Å². The molecule has 6 nitrogen and oxygen atoms in total. The number of hydrogen-bond acceptors (Lipinski definition) is 5. The van der Waals surface area contributed by atoms with E-state index >= 15 is 0 Å². The molecule has 7 heteroatoms. The molecular weight excluding hydrogens is 484 g/mol. The van der Waals surface area contributed by atoms with Gasteiger partial charge in [0.15, 0.2) is 0 Å². The van der Waals surface area contributed by atoms with E-state index in [1.54, 1.807) is 0 Å². The number of carbonyl (C=O) groups excluding carboxylic acids is 1. The first kappa shape index (κ1) is 26.7. The summed E-state index contributed by atoms with van der Waals surface area (Å²) in [5, 5.41) is 12.3. The molecule has 4 atom stereocenters. The molecule has 0 spiro atoms. The third kappa shape index (κ3) is 4.64. The maximum Gasteiger partial charge on any atom is 0.236 e. The molecule has 2 saturated heterocycles. The highest BCUT2D eigenvalue weighted by molar-refractivity contribution is 6.30. The topological polar surface area (TPSA) is 50.3 Å². The first-order valence-corrected chi connectivity index (χ1v) is 14.4. The molecule has 202 valence electrons. The van der Waals surface area contributed by atoms with E-state index in [1.807, 2.05) is 24.0 Å². The normalized spacial score (nSPS) is 31.5. The van der Waals surface area contributed by atoms with Crippen LogP contribution in [0.2, 0.25) is 5.02 Å². The summed E-state index contributed by atoms with van der Waals surface area (Å²) < 4.78 is 0. The number of piperazine rings is 1. The maximum absolute atomic E-state index is 14.0. The van der Waals surface area contributed by atoms with Gasteiger partial charge in [-0.1, -0.05) is 30.7 Å². The molecule has 1 aromatic carbocycles. The molecule has 1 amide bonds. The number of aliphatic hydroxyl groups is 1. The molecule has 0 saturated carbocycles. The minimum absolute atomic E-state index is 0.0559. The number of piperidine rings is 1. The van der Waals surface area contributed by atoms with Crippen LogP contribution in [0.15, 0.2) is 41.1 Å². The summed E-state index contributed by atoms with van der Waals surface area (Å²) in [5.41, 5.74) is 4.61. The Bertz CT molecular complexity index is 1100. The van der Waals surface area contributed by atoms with Gasteiger partial charge in [-0.3, -0.25) is 9.69 Å². The van der Waals surface area contributed by atoms with E-state index in [2.05, 4.69) is 61.6 Å². The molecular formula is C30H43ClN4O2. The summed E-state index contributed by atoms with van der Waals surface area (Å²) in [6.45, 7) is 16.6. The Morgan fingerprint density at radius 2 is 1.73 bits per heavy atom. The Morgan fingerprint density at radius 3 is 2.35 bits per heavy atom. The Labute approximate surface area is 227 Å². The molecule has 5 rings (SSSR count). The van der Waals surface area contributed by atoms with Gasteiger partial charge in [0.1, 0.15) is 0 Å². The van der Waals surface area contributed by atoms with Crippen LogP contribution < -0.4 is 0 Å². The highest BCUT2D eigenvalue weighted by Gasteiger charge is 2.53. The first-order valence-electron chi connectivity index (χ1n) is 14.0. The Hall–Kier alpha value is -1.86. The van der Waals surface area contributed by atoms with Crippen LogP contribution >= 0.6 is 11.6 Å². The van der Waals surface area contributed by atoms with Crippen molar-refractivity contribution in [1.29, 1.82) is 0 Å². The molecule has 0 aromatic heterocycles. The highest BCUT2D eigenvalue weighted by atomic mass is 35.5. The third-order valence-electron chi connectivity index (χ3n) is 9.47. The molecule has 1 N–H and O–H groups in total. The fraction of sp³-hybridized carbons (Fsp3) is 0.633. The number of amides is 1. The predicted octanol–water partition coefficient (Wildman–Crippen LogP) is 4.30. The highest BCUT2D eigenvalue weighted by Crippen LogP contribution is 2.52. The summed E-state index contributed by atoms with van der Waals surface area (Å²) in [5.74, 6) is 0.0770. The van der Waals surface area contributed by atoms with Gasteiger partial charge < -0.3 is 19.8 Å². The number of halogens is 1. The molecule has 37 heavy (non-hydrogen) atoms. The van der Waals surface area contributed by atoms with Crippen molar-refractivity contribution in [2.24, 2.45) is 11.8 Å². The van der Waals surface area contributed by atoms with E-state index in [1.165, 1.54) is 5.57 Å². The molecule has 4 heterocycles. The fourth-order valence-electron chi connectivity index (χ4n) is 7.08. The van der Waals surface area contributed by atoms with Crippen LogP contribution in [-0.2, 0) is 4.79 Å². The van der Waals surface area contributed by atoms with Crippen molar-refractivity contribution in [2.75, 3.05) is 46.3 Å². The van der Waals surface area contributed by atoms with Gasteiger partial charge in [0.2, 0.25) is 5.91 Å². The van der Waals surface area contributed by atoms with Crippen LogP contribution in [0, 0.1) is 11.8 Å². The smallest absolute Gasteiger partial charge is 0.236 e. The molecule has 0 aliphatic carbocycles.